The van der Waals surface area contributed by atoms with Gasteiger partial charge in [-0.1, -0.05) is 18.2 Å². The number of rotatable bonds is 4. The van der Waals surface area contributed by atoms with Crippen molar-refractivity contribution in [3.63, 3.8) is 0 Å². The molecule has 0 saturated carbocycles. The van der Waals surface area contributed by atoms with Crippen molar-refractivity contribution in [2.75, 3.05) is 5.32 Å². The van der Waals surface area contributed by atoms with Crippen molar-refractivity contribution in [2.24, 2.45) is 7.05 Å². The van der Waals surface area contributed by atoms with Gasteiger partial charge in [-0.3, -0.25) is 14.6 Å². The maximum atomic E-state index is 13.9. The second kappa shape index (κ2) is 7.07. The Morgan fingerprint density at radius 1 is 1.07 bits per heavy atom. The van der Waals surface area contributed by atoms with Crippen molar-refractivity contribution in [3.8, 4) is 22.4 Å². The zero-order chi connectivity index (χ0) is 19.7. The van der Waals surface area contributed by atoms with Crippen LogP contribution in [0.5, 0.6) is 0 Å². The fraction of sp³-hybridized carbons (Fsp3) is 0.0500. The van der Waals surface area contributed by atoms with Crippen LogP contribution in [0.3, 0.4) is 0 Å². The molecule has 0 aliphatic heterocycles. The molecule has 0 saturated heterocycles. The third kappa shape index (κ3) is 3.39. The molecule has 6 nitrogen and oxygen atoms in total. The maximum Gasteiger partial charge on any atom is 0.256 e. The number of aromatic nitrogens is 4. The summed E-state index contributed by atoms with van der Waals surface area (Å²) < 4.78 is 29.5. The Hall–Kier alpha value is -3.81. The Morgan fingerprint density at radius 2 is 1.82 bits per heavy atom. The van der Waals surface area contributed by atoms with E-state index in [1.807, 2.05) is 19.3 Å². The van der Waals surface area contributed by atoms with Crippen LogP contribution in [0.2, 0.25) is 0 Å². The van der Waals surface area contributed by atoms with Gasteiger partial charge in [0.25, 0.3) is 5.91 Å². The first-order chi connectivity index (χ1) is 13.5. The van der Waals surface area contributed by atoms with Crippen molar-refractivity contribution in [3.05, 3.63) is 78.1 Å². The average molecular weight is 379 g/mol. The molecule has 0 radical (unpaired) electrons. The number of amides is 1. The van der Waals surface area contributed by atoms with Crippen LogP contribution in [-0.2, 0) is 7.05 Å². The van der Waals surface area contributed by atoms with Gasteiger partial charge in [0.2, 0.25) is 0 Å². The molecule has 0 aliphatic rings. The fourth-order valence-corrected chi connectivity index (χ4v) is 2.87. The average Bonchev–Trinajstić information content (AvgIpc) is 3.31. The number of H-pyrrole nitrogens is 1. The highest BCUT2D eigenvalue weighted by Crippen LogP contribution is 2.26. The molecule has 0 atom stereocenters. The van der Waals surface area contributed by atoms with E-state index in [1.54, 1.807) is 29.1 Å². The molecule has 1 amide bonds. The first-order valence-corrected chi connectivity index (χ1v) is 8.41. The van der Waals surface area contributed by atoms with Crippen LogP contribution in [0.15, 0.2) is 60.9 Å². The number of carbonyl (C=O) groups excluding carboxylic acids is 1. The normalized spacial score (nSPS) is 10.8. The lowest BCUT2D eigenvalue weighted by Crippen LogP contribution is -2.12. The van der Waals surface area contributed by atoms with Crippen LogP contribution in [0, 0.1) is 11.6 Å². The highest BCUT2D eigenvalue weighted by atomic mass is 19.1. The lowest BCUT2D eigenvalue weighted by atomic mass is 10.1. The number of carbonyl (C=O) groups is 1. The van der Waals surface area contributed by atoms with Crippen LogP contribution in [0.1, 0.15) is 10.4 Å². The summed E-state index contributed by atoms with van der Waals surface area (Å²) in [6.45, 7) is 0. The van der Waals surface area contributed by atoms with Gasteiger partial charge in [0.1, 0.15) is 11.6 Å². The lowest BCUT2D eigenvalue weighted by Gasteiger charge is -2.04. The number of aryl methyl sites for hydroxylation is 1. The molecule has 4 rings (SSSR count). The van der Waals surface area contributed by atoms with Gasteiger partial charge in [0.05, 0.1) is 17.5 Å². The van der Waals surface area contributed by atoms with Gasteiger partial charge < -0.3 is 5.32 Å². The Balaban J connectivity index is 1.56. The second-order valence-electron chi connectivity index (χ2n) is 6.20. The van der Waals surface area contributed by atoms with Crippen LogP contribution >= 0.6 is 0 Å². The van der Waals surface area contributed by atoms with Crippen LogP contribution in [0.25, 0.3) is 22.4 Å². The SMILES string of the molecule is Cn1cc(-c2cccc(C(=O)Nc3cc(-c4c(F)cccc4F)[nH]n3)c2)cn1. The highest BCUT2D eigenvalue weighted by molar-refractivity contribution is 6.04. The minimum atomic E-state index is -0.717. The van der Waals surface area contributed by atoms with Crippen LogP contribution < -0.4 is 5.32 Å². The third-order valence-corrected chi connectivity index (χ3v) is 4.21. The maximum absolute atomic E-state index is 13.9. The Labute approximate surface area is 158 Å². The summed E-state index contributed by atoms with van der Waals surface area (Å²) in [5.74, 6) is -1.66. The smallest absolute Gasteiger partial charge is 0.256 e. The van der Waals surface area contributed by atoms with E-state index in [0.29, 0.717) is 5.56 Å². The van der Waals surface area contributed by atoms with Gasteiger partial charge in [-0.25, -0.2) is 8.78 Å². The summed E-state index contributed by atoms with van der Waals surface area (Å²) in [6, 6.07) is 12.0. The van der Waals surface area contributed by atoms with E-state index < -0.39 is 17.5 Å². The van der Waals surface area contributed by atoms with Gasteiger partial charge in [0.15, 0.2) is 5.82 Å². The van der Waals surface area contributed by atoms with Crippen molar-refractivity contribution in [1.82, 2.24) is 20.0 Å². The molecule has 0 unspecified atom stereocenters. The minimum absolute atomic E-state index is 0.134. The topological polar surface area (TPSA) is 75.6 Å². The molecule has 0 spiro atoms. The van der Waals surface area contributed by atoms with Gasteiger partial charge in [-0.2, -0.15) is 10.2 Å². The summed E-state index contributed by atoms with van der Waals surface area (Å²) in [5.41, 5.74) is 2.05. The number of hydrogen-bond acceptors (Lipinski definition) is 3. The van der Waals surface area contributed by atoms with E-state index in [1.165, 1.54) is 12.1 Å². The molecule has 2 N–H and O–H groups in total. The van der Waals surface area contributed by atoms with E-state index in [4.69, 9.17) is 0 Å². The number of nitrogens with one attached hydrogen (secondary N) is 2. The zero-order valence-corrected chi connectivity index (χ0v) is 14.8. The highest BCUT2D eigenvalue weighted by Gasteiger charge is 2.15. The second-order valence-corrected chi connectivity index (χ2v) is 6.20. The number of halogens is 2. The van der Waals surface area contributed by atoms with Crippen molar-refractivity contribution in [2.45, 2.75) is 0 Å². The van der Waals surface area contributed by atoms with E-state index in [2.05, 4.69) is 20.6 Å². The predicted octanol–water partition coefficient (Wildman–Crippen LogP) is 4.01. The molecule has 2 aromatic carbocycles. The van der Waals surface area contributed by atoms with Gasteiger partial charge in [0, 0.05) is 30.4 Å². The summed E-state index contributed by atoms with van der Waals surface area (Å²) >= 11 is 0. The van der Waals surface area contributed by atoms with E-state index in [-0.39, 0.29) is 17.1 Å². The number of hydrogen-bond donors (Lipinski definition) is 2. The number of anilines is 1. The van der Waals surface area contributed by atoms with Crippen molar-refractivity contribution < 1.29 is 13.6 Å². The number of nitrogens with zero attached hydrogens (tertiary/aromatic N) is 3. The zero-order valence-electron chi connectivity index (χ0n) is 14.8. The molecule has 8 heteroatoms. The molecular weight excluding hydrogens is 364 g/mol. The fourth-order valence-electron chi connectivity index (χ4n) is 2.87. The molecule has 0 bridgehead atoms. The van der Waals surface area contributed by atoms with Gasteiger partial charge >= 0.3 is 0 Å². The lowest BCUT2D eigenvalue weighted by molar-refractivity contribution is 0.102. The molecule has 4 aromatic rings. The Kier molecular flexibility index (Phi) is 4.44. The molecule has 0 aliphatic carbocycles. The van der Waals surface area contributed by atoms with Crippen molar-refractivity contribution >= 4 is 11.7 Å². The largest absolute Gasteiger partial charge is 0.305 e. The number of aromatic amines is 1. The first kappa shape index (κ1) is 17.6. The van der Waals surface area contributed by atoms with Crippen LogP contribution in [-0.4, -0.2) is 25.9 Å². The summed E-state index contributed by atoms with van der Waals surface area (Å²) in [7, 11) is 1.81. The Bertz CT molecular complexity index is 1140. The van der Waals surface area contributed by atoms with Gasteiger partial charge in [-0.05, 0) is 29.8 Å². The number of benzene rings is 2. The van der Waals surface area contributed by atoms with Crippen LogP contribution in [0.4, 0.5) is 14.6 Å². The van der Waals surface area contributed by atoms with E-state index in [0.717, 1.165) is 23.3 Å². The third-order valence-electron chi connectivity index (χ3n) is 4.21. The molecular formula is C20H15F2N5O. The first-order valence-electron chi connectivity index (χ1n) is 8.41. The van der Waals surface area contributed by atoms with Gasteiger partial charge in [-0.15, -0.1) is 0 Å². The molecule has 0 fully saturated rings. The summed E-state index contributed by atoms with van der Waals surface area (Å²) in [5, 5.41) is 13.2. The standard InChI is InChI=1S/C20H15F2N5O/c1-27-11-14(10-23-27)12-4-2-5-13(8-12)20(28)24-18-9-17(25-26-18)19-15(21)6-3-7-16(19)22/h2-11H,1H3,(H2,24,25,26,28). The minimum Gasteiger partial charge on any atom is -0.305 e. The quantitative estimate of drug-likeness (QED) is 0.563. The Morgan fingerprint density at radius 3 is 2.54 bits per heavy atom. The van der Waals surface area contributed by atoms with Crippen molar-refractivity contribution in [1.29, 1.82) is 0 Å². The molecule has 28 heavy (non-hydrogen) atoms. The molecule has 2 aromatic heterocycles. The monoisotopic (exact) mass is 379 g/mol. The molecule has 2 heterocycles. The predicted molar refractivity (Wildman–Crippen MR) is 101 cm³/mol. The summed E-state index contributed by atoms with van der Waals surface area (Å²) in [6.07, 6.45) is 3.56. The van der Waals surface area contributed by atoms with E-state index in [9.17, 15) is 13.6 Å². The van der Waals surface area contributed by atoms with E-state index >= 15 is 0 Å². The molecule has 140 valence electrons. The summed E-state index contributed by atoms with van der Waals surface area (Å²) in [4.78, 5) is 12.5.